The number of hydrogen-bond acceptors (Lipinski definition) is 4. The Labute approximate surface area is 171 Å². The van der Waals surface area contributed by atoms with E-state index in [-0.39, 0.29) is 18.3 Å². The van der Waals surface area contributed by atoms with Crippen molar-refractivity contribution in [3.05, 3.63) is 34.7 Å². The van der Waals surface area contributed by atoms with Crippen molar-refractivity contribution in [1.82, 2.24) is 29.5 Å². The fraction of sp³-hybridized carbons (Fsp3) is 0.650. The predicted octanol–water partition coefficient (Wildman–Crippen LogP) is 2.58. The third-order valence-corrected chi connectivity index (χ3v) is 6.43. The quantitative estimate of drug-likeness (QED) is 0.853. The summed E-state index contributed by atoms with van der Waals surface area (Å²) < 4.78 is 4.64. The van der Waals surface area contributed by atoms with Gasteiger partial charge < -0.3 is 19.4 Å². The number of hydrogen-bond donors (Lipinski definition) is 1. The van der Waals surface area contributed by atoms with E-state index in [2.05, 4.69) is 44.6 Å². The normalized spacial score (nSPS) is 20.0. The SMILES string of the molecule is Cc1cc(C(=O)N2CCC(c3nnc4n3CCNC4)CC2)c(C)n1C1CC1.Cl. The van der Waals surface area contributed by atoms with Crippen LogP contribution >= 0.6 is 12.4 Å². The minimum atomic E-state index is 0. The third-order valence-electron chi connectivity index (χ3n) is 6.43. The fourth-order valence-electron chi connectivity index (χ4n) is 4.82. The van der Waals surface area contributed by atoms with Crippen LogP contribution in [0.25, 0.3) is 0 Å². The lowest BCUT2D eigenvalue weighted by Gasteiger charge is -2.32. The maximum absolute atomic E-state index is 13.1. The highest BCUT2D eigenvalue weighted by molar-refractivity contribution is 5.95. The summed E-state index contributed by atoms with van der Waals surface area (Å²) in [6.45, 7) is 8.56. The zero-order valence-corrected chi connectivity index (χ0v) is 17.5. The van der Waals surface area contributed by atoms with Crippen LogP contribution < -0.4 is 5.32 Å². The maximum atomic E-state index is 13.1. The Morgan fingerprint density at radius 1 is 1.11 bits per heavy atom. The largest absolute Gasteiger partial charge is 0.345 e. The van der Waals surface area contributed by atoms with Gasteiger partial charge in [0.05, 0.1) is 12.1 Å². The van der Waals surface area contributed by atoms with E-state index in [4.69, 9.17) is 0 Å². The van der Waals surface area contributed by atoms with E-state index in [0.29, 0.717) is 12.0 Å². The molecule has 1 saturated carbocycles. The van der Waals surface area contributed by atoms with Crippen LogP contribution in [0.3, 0.4) is 0 Å². The number of carbonyl (C=O) groups excluding carboxylic acids is 1. The molecule has 0 aromatic carbocycles. The second-order valence-corrected chi connectivity index (χ2v) is 8.26. The number of piperidine rings is 1. The van der Waals surface area contributed by atoms with Crippen LogP contribution in [0.5, 0.6) is 0 Å². The van der Waals surface area contributed by atoms with E-state index in [9.17, 15) is 4.79 Å². The smallest absolute Gasteiger partial charge is 0.255 e. The number of likely N-dealkylation sites (tertiary alicyclic amines) is 1. The number of carbonyl (C=O) groups is 1. The third kappa shape index (κ3) is 3.24. The van der Waals surface area contributed by atoms with Crippen LogP contribution in [0.2, 0.25) is 0 Å². The number of nitrogens with zero attached hydrogens (tertiary/aromatic N) is 5. The van der Waals surface area contributed by atoms with E-state index < -0.39 is 0 Å². The Morgan fingerprint density at radius 3 is 2.57 bits per heavy atom. The number of nitrogens with one attached hydrogen (secondary N) is 1. The van der Waals surface area contributed by atoms with Gasteiger partial charge in [-0.15, -0.1) is 22.6 Å². The molecule has 0 radical (unpaired) electrons. The molecule has 0 atom stereocenters. The number of halogens is 1. The van der Waals surface area contributed by atoms with E-state index in [1.165, 1.54) is 18.5 Å². The molecule has 28 heavy (non-hydrogen) atoms. The van der Waals surface area contributed by atoms with Crippen LogP contribution in [0.4, 0.5) is 0 Å². The lowest BCUT2D eigenvalue weighted by molar-refractivity contribution is 0.0709. The van der Waals surface area contributed by atoms with Crippen molar-refractivity contribution in [3.63, 3.8) is 0 Å². The highest BCUT2D eigenvalue weighted by Crippen LogP contribution is 2.38. The molecule has 2 fully saturated rings. The Balaban J connectivity index is 0.00000192. The van der Waals surface area contributed by atoms with Gasteiger partial charge in [-0.3, -0.25) is 4.79 Å². The topological polar surface area (TPSA) is 68.0 Å². The van der Waals surface area contributed by atoms with Gasteiger partial charge in [0, 0.05) is 49.5 Å². The summed E-state index contributed by atoms with van der Waals surface area (Å²) >= 11 is 0. The molecule has 0 unspecified atom stereocenters. The minimum absolute atomic E-state index is 0. The van der Waals surface area contributed by atoms with Gasteiger partial charge in [-0.2, -0.15) is 0 Å². The van der Waals surface area contributed by atoms with Gasteiger partial charge in [-0.05, 0) is 45.6 Å². The van der Waals surface area contributed by atoms with Crippen molar-refractivity contribution in [2.45, 2.75) is 64.6 Å². The molecule has 3 aliphatic rings. The molecule has 1 aliphatic carbocycles. The first-order valence-electron chi connectivity index (χ1n) is 10.2. The lowest BCUT2D eigenvalue weighted by Crippen LogP contribution is -2.39. The Bertz CT molecular complexity index is 876. The lowest BCUT2D eigenvalue weighted by atomic mass is 9.95. The van der Waals surface area contributed by atoms with Gasteiger partial charge in [0.2, 0.25) is 0 Å². The van der Waals surface area contributed by atoms with E-state index in [0.717, 1.165) is 68.5 Å². The van der Waals surface area contributed by atoms with Crippen LogP contribution in [0.1, 0.15) is 71.0 Å². The Morgan fingerprint density at radius 2 is 1.86 bits per heavy atom. The second-order valence-electron chi connectivity index (χ2n) is 8.26. The average molecular weight is 405 g/mol. The first-order chi connectivity index (χ1) is 13.1. The zero-order valence-electron chi connectivity index (χ0n) is 16.6. The van der Waals surface area contributed by atoms with Crippen molar-refractivity contribution in [2.24, 2.45) is 0 Å². The second kappa shape index (κ2) is 7.52. The number of rotatable bonds is 3. The zero-order chi connectivity index (χ0) is 18.5. The molecule has 2 aliphatic heterocycles. The summed E-state index contributed by atoms with van der Waals surface area (Å²) in [5, 5.41) is 12.2. The highest BCUT2D eigenvalue weighted by Gasteiger charge is 2.32. The van der Waals surface area contributed by atoms with Crippen molar-refractivity contribution in [2.75, 3.05) is 19.6 Å². The van der Waals surface area contributed by atoms with Gasteiger partial charge in [0.1, 0.15) is 11.6 Å². The molecule has 0 bridgehead atoms. The highest BCUT2D eigenvalue weighted by atomic mass is 35.5. The number of amides is 1. The summed E-state index contributed by atoms with van der Waals surface area (Å²) in [6.07, 6.45) is 4.43. The van der Waals surface area contributed by atoms with E-state index in [1.807, 2.05) is 4.90 Å². The van der Waals surface area contributed by atoms with Gasteiger partial charge in [0.15, 0.2) is 0 Å². The van der Waals surface area contributed by atoms with Crippen LogP contribution in [0.15, 0.2) is 6.07 Å². The molecule has 0 spiro atoms. The van der Waals surface area contributed by atoms with E-state index >= 15 is 0 Å². The molecule has 152 valence electrons. The number of fused-ring (bicyclic) bond motifs is 1. The van der Waals surface area contributed by atoms with Crippen molar-refractivity contribution in [3.8, 4) is 0 Å². The Kier molecular flexibility index (Phi) is 5.22. The monoisotopic (exact) mass is 404 g/mol. The van der Waals surface area contributed by atoms with Crippen molar-refractivity contribution in [1.29, 1.82) is 0 Å². The van der Waals surface area contributed by atoms with Gasteiger partial charge in [-0.1, -0.05) is 0 Å². The Hall–Kier alpha value is -1.86. The first-order valence-corrected chi connectivity index (χ1v) is 10.2. The fourth-order valence-corrected chi connectivity index (χ4v) is 4.82. The molecule has 2 aromatic heterocycles. The molecular weight excluding hydrogens is 376 g/mol. The van der Waals surface area contributed by atoms with Crippen LogP contribution in [0, 0.1) is 13.8 Å². The molecule has 1 amide bonds. The molecule has 1 N–H and O–H groups in total. The predicted molar refractivity (Wildman–Crippen MR) is 109 cm³/mol. The summed E-state index contributed by atoms with van der Waals surface area (Å²) in [6, 6.07) is 2.70. The molecular formula is C20H29ClN6O. The number of aromatic nitrogens is 4. The molecule has 7 nitrogen and oxygen atoms in total. The summed E-state index contributed by atoms with van der Waals surface area (Å²) in [4.78, 5) is 15.2. The van der Waals surface area contributed by atoms with Gasteiger partial charge in [0.25, 0.3) is 5.91 Å². The maximum Gasteiger partial charge on any atom is 0.255 e. The van der Waals surface area contributed by atoms with Crippen molar-refractivity contribution < 1.29 is 4.79 Å². The first kappa shape index (κ1) is 19.5. The van der Waals surface area contributed by atoms with Crippen LogP contribution in [-0.4, -0.2) is 49.8 Å². The molecule has 1 saturated heterocycles. The standard InChI is InChI=1S/C20H28N6O.ClH/c1-13-11-17(14(2)26(13)16-3-4-16)20(27)24-8-5-15(6-9-24)19-23-22-18-12-21-7-10-25(18)19;/h11,15-16,21H,3-10,12H2,1-2H3;1H. The van der Waals surface area contributed by atoms with Gasteiger partial charge in [-0.25, -0.2) is 0 Å². The molecule has 5 rings (SSSR count). The van der Waals surface area contributed by atoms with Gasteiger partial charge >= 0.3 is 0 Å². The molecule has 8 heteroatoms. The average Bonchev–Trinajstić information content (AvgIpc) is 3.35. The summed E-state index contributed by atoms with van der Waals surface area (Å²) in [5.74, 6) is 2.76. The summed E-state index contributed by atoms with van der Waals surface area (Å²) in [5.41, 5.74) is 3.25. The van der Waals surface area contributed by atoms with Crippen LogP contribution in [-0.2, 0) is 13.1 Å². The minimum Gasteiger partial charge on any atom is -0.345 e. The van der Waals surface area contributed by atoms with Crippen molar-refractivity contribution >= 4 is 18.3 Å². The summed E-state index contributed by atoms with van der Waals surface area (Å²) in [7, 11) is 0. The molecule has 2 aromatic rings. The van der Waals surface area contributed by atoms with E-state index in [1.54, 1.807) is 0 Å². The molecule has 4 heterocycles. The number of aryl methyl sites for hydroxylation is 1.